The van der Waals surface area contributed by atoms with E-state index in [-0.39, 0.29) is 0 Å². The Morgan fingerprint density at radius 3 is 1.85 bits per heavy atom. The van der Waals surface area contributed by atoms with E-state index < -0.39 is 34.6 Å². The maximum Gasteiger partial charge on any atom is 0.417 e. The fourth-order valence-electron chi connectivity index (χ4n) is 1.84. The van der Waals surface area contributed by atoms with Gasteiger partial charge in [-0.25, -0.2) is 0 Å². The summed E-state index contributed by atoms with van der Waals surface area (Å²) in [5.74, 6) is 0. The normalized spacial score (nSPS) is 12.5. The second-order valence-corrected chi connectivity index (χ2v) is 4.00. The van der Waals surface area contributed by atoms with Crippen LogP contribution in [0.2, 0.25) is 0 Å². The van der Waals surface area contributed by atoms with Gasteiger partial charge in [-0.1, -0.05) is 30.3 Å². The van der Waals surface area contributed by atoms with E-state index in [9.17, 15) is 26.3 Å². The van der Waals surface area contributed by atoms with Crippen molar-refractivity contribution in [1.82, 2.24) is 0 Å². The lowest BCUT2D eigenvalue weighted by molar-refractivity contribution is -0.139. The predicted octanol–water partition coefficient (Wildman–Crippen LogP) is 5.19. The van der Waals surface area contributed by atoms with Crippen molar-refractivity contribution in [3.8, 4) is 11.1 Å². The summed E-state index contributed by atoms with van der Waals surface area (Å²) in [5.41, 5.74) is -3.40. The average Bonchev–Trinajstić information content (AvgIpc) is 2.37. The van der Waals surface area contributed by atoms with E-state index in [4.69, 9.17) is 0 Å². The van der Waals surface area contributed by atoms with Crippen molar-refractivity contribution in [1.29, 1.82) is 0 Å². The van der Waals surface area contributed by atoms with E-state index in [1.54, 1.807) is 0 Å². The molecule has 0 heterocycles. The Bertz CT molecular complexity index is 554. The molecule has 0 spiro atoms. The second-order valence-electron chi connectivity index (χ2n) is 4.00. The molecule has 0 bridgehead atoms. The van der Waals surface area contributed by atoms with Crippen LogP contribution in [0.5, 0.6) is 0 Å². The van der Waals surface area contributed by atoms with Crippen molar-refractivity contribution in [3.05, 3.63) is 59.7 Å². The largest absolute Gasteiger partial charge is 0.417 e. The third-order valence-corrected chi connectivity index (χ3v) is 2.66. The van der Waals surface area contributed by atoms with Crippen LogP contribution in [-0.4, -0.2) is 0 Å². The first kappa shape index (κ1) is 14.4. The highest BCUT2D eigenvalue weighted by Gasteiger charge is 2.37. The molecule has 1 radical (unpaired) electrons. The Balaban J connectivity index is 2.71. The number of hydrogen-bond acceptors (Lipinski definition) is 0. The Labute approximate surface area is 110 Å². The molecule has 20 heavy (non-hydrogen) atoms. The van der Waals surface area contributed by atoms with Crippen molar-refractivity contribution in [2.24, 2.45) is 0 Å². The van der Waals surface area contributed by atoms with Crippen LogP contribution in [0.4, 0.5) is 26.3 Å². The van der Waals surface area contributed by atoms with Gasteiger partial charge >= 0.3 is 12.4 Å². The number of benzene rings is 2. The summed E-state index contributed by atoms with van der Waals surface area (Å²) in [6.07, 6.45) is -9.48. The van der Waals surface area contributed by atoms with Crippen molar-refractivity contribution in [2.75, 3.05) is 0 Å². The summed E-state index contributed by atoms with van der Waals surface area (Å²) in [7, 11) is 0. The van der Waals surface area contributed by atoms with E-state index in [2.05, 4.69) is 6.07 Å². The van der Waals surface area contributed by atoms with Gasteiger partial charge in [-0.3, -0.25) is 0 Å². The minimum Gasteiger partial charge on any atom is -0.166 e. The summed E-state index contributed by atoms with van der Waals surface area (Å²) in [5, 5.41) is 0. The molecule has 0 fully saturated rings. The lowest BCUT2D eigenvalue weighted by atomic mass is 9.95. The molecule has 0 aliphatic rings. The molecule has 0 unspecified atom stereocenters. The topological polar surface area (TPSA) is 0 Å². The molecule has 0 atom stereocenters. The van der Waals surface area contributed by atoms with Gasteiger partial charge in [-0.05, 0) is 23.8 Å². The molecule has 6 heteroatoms. The average molecular weight is 289 g/mol. The smallest absolute Gasteiger partial charge is 0.166 e. The molecular formula is C14H7F6. The Morgan fingerprint density at radius 1 is 0.700 bits per heavy atom. The molecule has 0 aromatic heterocycles. The lowest BCUT2D eigenvalue weighted by Crippen LogP contribution is -2.11. The fourth-order valence-corrected chi connectivity index (χ4v) is 1.84. The summed E-state index contributed by atoms with van der Waals surface area (Å²) in [4.78, 5) is 0. The summed E-state index contributed by atoms with van der Waals surface area (Å²) < 4.78 is 77.2. The zero-order valence-corrected chi connectivity index (χ0v) is 9.81. The maximum atomic E-state index is 12.9. The van der Waals surface area contributed by atoms with Gasteiger partial charge in [-0.15, -0.1) is 0 Å². The summed E-state index contributed by atoms with van der Waals surface area (Å²) in [6, 6.07) is 9.36. The standard InChI is InChI=1S/C14H7F6/c15-13(16,17)11-7-3-1-5-9(11)10-6-2-4-8-12(10)14(18,19)20/h1-5,7-8H. The van der Waals surface area contributed by atoms with Crippen LogP contribution in [0.25, 0.3) is 11.1 Å². The molecular weight excluding hydrogens is 282 g/mol. The first-order valence-electron chi connectivity index (χ1n) is 5.46. The number of halogens is 6. The van der Waals surface area contributed by atoms with Gasteiger partial charge in [0.2, 0.25) is 0 Å². The Kier molecular flexibility index (Phi) is 3.50. The quantitative estimate of drug-likeness (QED) is 0.634. The van der Waals surface area contributed by atoms with Gasteiger partial charge < -0.3 is 0 Å². The minimum atomic E-state index is -4.74. The molecule has 0 nitrogen and oxygen atoms in total. The molecule has 105 valence electrons. The number of rotatable bonds is 1. The van der Waals surface area contributed by atoms with Gasteiger partial charge in [0.25, 0.3) is 0 Å². The van der Waals surface area contributed by atoms with Crippen molar-refractivity contribution in [2.45, 2.75) is 12.4 Å². The molecule has 0 aliphatic heterocycles. The zero-order chi connectivity index (χ0) is 15.0. The van der Waals surface area contributed by atoms with Gasteiger partial charge in [-0.2, -0.15) is 26.3 Å². The van der Waals surface area contributed by atoms with Crippen molar-refractivity contribution >= 4 is 0 Å². The number of alkyl halides is 6. The highest BCUT2D eigenvalue weighted by molar-refractivity contribution is 5.71. The van der Waals surface area contributed by atoms with Crippen molar-refractivity contribution < 1.29 is 26.3 Å². The molecule has 2 aromatic carbocycles. The molecule has 2 rings (SSSR count). The van der Waals surface area contributed by atoms with E-state index in [0.29, 0.717) is 0 Å². The van der Waals surface area contributed by atoms with Crippen LogP contribution < -0.4 is 0 Å². The highest BCUT2D eigenvalue weighted by atomic mass is 19.4. The third kappa shape index (κ3) is 2.79. The van der Waals surface area contributed by atoms with Crippen LogP contribution >= 0.6 is 0 Å². The van der Waals surface area contributed by atoms with E-state index in [1.807, 2.05) is 0 Å². The lowest BCUT2D eigenvalue weighted by Gasteiger charge is -2.16. The fraction of sp³-hybridized carbons (Fsp3) is 0.143. The van der Waals surface area contributed by atoms with Gasteiger partial charge in [0, 0.05) is 5.56 Å². The van der Waals surface area contributed by atoms with Crippen LogP contribution in [0.3, 0.4) is 0 Å². The van der Waals surface area contributed by atoms with Crippen LogP contribution in [-0.2, 0) is 12.4 Å². The minimum absolute atomic E-state index is 0.534. The van der Waals surface area contributed by atoms with Gasteiger partial charge in [0.15, 0.2) is 0 Å². The SMILES string of the molecule is FC(F)(F)c1ccc[c]c1-c1ccccc1C(F)(F)F. The Hall–Kier alpha value is -1.98. The van der Waals surface area contributed by atoms with Gasteiger partial charge in [0.05, 0.1) is 11.1 Å². The van der Waals surface area contributed by atoms with Crippen LogP contribution in [0.15, 0.2) is 42.5 Å². The van der Waals surface area contributed by atoms with Crippen LogP contribution in [0.1, 0.15) is 11.1 Å². The van der Waals surface area contributed by atoms with E-state index in [1.165, 1.54) is 6.07 Å². The van der Waals surface area contributed by atoms with Gasteiger partial charge in [0.1, 0.15) is 0 Å². The van der Waals surface area contributed by atoms with E-state index in [0.717, 1.165) is 36.4 Å². The number of hydrogen-bond donors (Lipinski definition) is 0. The molecule has 0 saturated carbocycles. The highest BCUT2D eigenvalue weighted by Crippen LogP contribution is 2.41. The molecule has 0 saturated heterocycles. The first-order chi connectivity index (χ1) is 9.21. The molecule has 2 aromatic rings. The first-order valence-corrected chi connectivity index (χ1v) is 5.46. The molecule has 0 amide bonds. The Morgan fingerprint density at radius 2 is 1.25 bits per heavy atom. The third-order valence-electron chi connectivity index (χ3n) is 2.66. The van der Waals surface area contributed by atoms with Crippen LogP contribution in [0, 0.1) is 6.07 Å². The summed E-state index contributed by atoms with van der Waals surface area (Å²) >= 11 is 0. The maximum absolute atomic E-state index is 12.9. The van der Waals surface area contributed by atoms with Crippen molar-refractivity contribution in [3.63, 3.8) is 0 Å². The second kappa shape index (κ2) is 4.85. The zero-order valence-electron chi connectivity index (χ0n) is 9.81. The summed E-state index contributed by atoms with van der Waals surface area (Å²) in [6.45, 7) is 0. The molecule has 0 N–H and O–H groups in total. The monoisotopic (exact) mass is 289 g/mol. The van der Waals surface area contributed by atoms with E-state index >= 15 is 0 Å². The predicted molar refractivity (Wildman–Crippen MR) is 60.7 cm³/mol. The molecule has 0 aliphatic carbocycles.